The van der Waals surface area contributed by atoms with Crippen LogP contribution >= 0.6 is 23.1 Å². The van der Waals surface area contributed by atoms with E-state index in [0.717, 1.165) is 0 Å². The van der Waals surface area contributed by atoms with E-state index in [4.69, 9.17) is 4.52 Å². The van der Waals surface area contributed by atoms with Crippen molar-refractivity contribution in [3.63, 3.8) is 0 Å². The lowest BCUT2D eigenvalue weighted by Gasteiger charge is -2.29. The Bertz CT molecular complexity index is 980. The molecule has 0 radical (unpaired) electrons. The first-order chi connectivity index (χ1) is 13.7. The predicted octanol–water partition coefficient (Wildman–Crippen LogP) is 1.18. The first-order valence-electron chi connectivity index (χ1n) is 8.66. The van der Waals surface area contributed by atoms with Crippen molar-refractivity contribution >= 4 is 55.9 Å². The summed E-state index contributed by atoms with van der Waals surface area (Å²) in [5, 5.41) is 17.2. The summed E-state index contributed by atoms with van der Waals surface area (Å²) in [7, 11) is -3.23. The molecule has 0 spiro atoms. The second kappa shape index (κ2) is 9.19. The summed E-state index contributed by atoms with van der Waals surface area (Å²) in [5.41, 5.74) is 0. The summed E-state index contributed by atoms with van der Waals surface area (Å²) in [6.45, 7) is 2.38. The molecule has 158 valence electrons. The number of piperidine rings is 1. The zero-order chi connectivity index (χ0) is 21.0. The van der Waals surface area contributed by atoms with Gasteiger partial charge in [-0.2, -0.15) is 0 Å². The summed E-state index contributed by atoms with van der Waals surface area (Å²) in [4.78, 5) is 24.3. The van der Waals surface area contributed by atoms with Crippen molar-refractivity contribution in [1.29, 1.82) is 0 Å². The molecule has 0 saturated carbocycles. The summed E-state index contributed by atoms with van der Waals surface area (Å²) in [6.07, 6.45) is 2.09. The van der Waals surface area contributed by atoms with Gasteiger partial charge in [0.05, 0.1) is 12.0 Å². The van der Waals surface area contributed by atoms with E-state index in [1.807, 2.05) is 0 Å². The van der Waals surface area contributed by atoms with Crippen molar-refractivity contribution < 1.29 is 22.5 Å². The maximum Gasteiger partial charge on any atom is 0.236 e. The number of anilines is 2. The lowest BCUT2D eigenvalue weighted by molar-refractivity contribution is -0.121. The fraction of sp³-hybridized carbons (Fsp3) is 0.533. The maximum absolute atomic E-state index is 12.4. The molecule has 0 atom stereocenters. The monoisotopic (exact) mass is 460 g/mol. The van der Waals surface area contributed by atoms with Gasteiger partial charge in [0.2, 0.25) is 27.0 Å². The van der Waals surface area contributed by atoms with Gasteiger partial charge >= 0.3 is 0 Å². The van der Waals surface area contributed by atoms with Gasteiger partial charge in [0.15, 0.2) is 10.2 Å². The predicted molar refractivity (Wildman–Crippen MR) is 108 cm³/mol. The Balaban J connectivity index is 1.44. The van der Waals surface area contributed by atoms with Crippen LogP contribution in [0.15, 0.2) is 14.9 Å². The number of thioether (sulfide) groups is 1. The molecule has 1 aliphatic rings. The first kappa shape index (κ1) is 21.7. The Labute approximate surface area is 175 Å². The number of carbonyl (C=O) groups is 2. The smallest absolute Gasteiger partial charge is 0.236 e. The van der Waals surface area contributed by atoms with E-state index in [9.17, 15) is 18.0 Å². The van der Waals surface area contributed by atoms with Gasteiger partial charge in [0.25, 0.3) is 0 Å². The van der Waals surface area contributed by atoms with E-state index in [0.29, 0.717) is 47.0 Å². The highest BCUT2D eigenvalue weighted by Gasteiger charge is 2.29. The van der Waals surface area contributed by atoms with E-state index in [-0.39, 0.29) is 23.5 Å². The van der Waals surface area contributed by atoms with Gasteiger partial charge in [-0.25, -0.2) is 12.7 Å². The van der Waals surface area contributed by atoms with Crippen molar-refractivity contribution in [3.8, 4) is 0 Å². The molecule has 1 saturated heterocycles. The molecule has 2 aromatic heterocycles. The number of sulfonamides is 1. The van der Waals surface area contributed by atoms with Crippen LogP contribution in [0.1, 0.15) is 18.6 Å². The first-order valence-corrected chi connectivity index (χ1v) is 12.3. The highest BCUT2D eigenvalue weighted by Crippen LogP contribution is 2.27. The molecule has 3 heterocycles. The third-order valence-corrected chi connectivity index (χ3v) is 7.43. The number of hydrogen-bond acceptors (Lipinski definition) is 10. The highest BCUT2D eigenvalue weighted by molar-refractivity contribution is 8.01. The molecule has 1 fully saturated rings. The number of nitrogens with zero attached hydrogens (tertiary/aromatic N) is 4. The largest absolute Gasteiger partial charge is 0.360 e. The molecule has 2 amide bonds. The van der Waals surface area contributed by atoms with Gasteiger partial charge in [-0.3, -0.25) is 9.59 Å². The van der Waals surface area contributed by atoms with Crippen molar-refractivity contribution in [1.82, 2.24) is 19.7 Å². The average molecular weight is 461 g/mol. The van der Waals surface area contributed by atoms with Gasteiger partial charge < -0.3 is 15.2 Å². The second-order valence-corrected chi connectivity index (χ2v) is 10.6. The van der Waals surface area contributed by atoms with Crippen LogP contribution in [-0.2, 0) is 19.6 Å². The Hall–Kier alpha value is -2.03. The van der Waals surface area contributed by atoms with Gasteiger partial charge in [-0.05, 0) is 19.8 Å². The van der Waals surface area contributed by atoms with Gasteiger partial charge in [-0.15, -0.1) is 10.2 Å². The Kier molecular flexibility index (Phi) is 6.87. The van der Waals surface area contributed by atoms with E-state index < -0.39 is 10.0 Å². The fourth-order valence-electron chi connectivity index (χ4n) is 2.71. The topological polar surface area (TPSA) is 147 Å². The molecule has 3 rings (SSSR count). The van der Waals surface area contributed by atoms with Gasteiger partial charge in [0, 0.05) is 25.1 Å². The third kappa shape index (κ3) is 6.22. The summed E-state index contributed by atoms with van der Waals surface area (Å²) in [5.74, 6) is 0.314. The van der Waals surface area contributed by atoms with E-state index >= 15 is 0 Å². The molecule has 1 aliphatic heterocycles. The number of aryl methyl sites for hydroxylation is 1. The van der Waals surface area contributed by atoms with E-state index in [2.05, 4.69) is 26.0 Å². The molecule has 0 unspecified atom stereocenters. The molecular weight excluding hydrogens is 440 g/mol. The van der Waals surface area contributed by atoms with Crippen LogP contribution in [0, 0.1) is 12.8 Å². The summed E-state index contributed by atoms with van der Waals surface area (Å²) in [6, 6.07) is 1.61. The van der Waals surface area contributed by atoms with E-state index in [1.165, 1.54) is 33.7 Å². The van der Waals surface area contributed by atoms with Crippen LogP contribution in [0.25, 0.3) is 0 Å². The Morgan fingerprint density at radius 2 is 2.03 bits per heavy atom. The number of hydrogen-bond donors (Lipinski definition) is 2. The SMILES string of the molecule is Cc1cc(NC(=O)CSc2nnc(NC(=O)C3CCN(S(C)(=O)=O)CC3)s2)no1. The molecule has 2 aromatic rings. The zero-order valence-corrected chi connectivity index (χ0v) is 18.2. The van der Waals surface area contributed by atoms with Crippen LogP contribution in [0.3, 0.4) is 0 Å². The minimum Gasteiger partial charge on any atom is -0.360 e. The third-order valence-electron chi connectivity index (χ3n) is 4.15. The molecule has 0 aliphatic carbocycles. The number of rotatable bonds is 7. The van der Waals surface area contributed by atoms with Gasteiger partial charge in [-0.1, -0.05) is 28.3 Å². The van der Waals surface area contributed by atoms with Crippen LogP contribution in [0.5, 0.6) is 0 Å². The molecule has 0 bridgehead atoms. The zero-order valence-electron chi connectivity index (χ0n) is 15.7. The highest BCUT2D eigenvalue weighted by atomic mass is 32.2. The lowest BCUT2D eigenvalue weighted by Crippen LogP contribution is -2.40. The average Bonchev–Trinajstić information content (AvgIpc) is 3.28. The van der Waals surface area contributed by atoms with Crippen LogP contribution in [0.4, 0.5) is 10.9 Å². The molecule has 11 nitrogen and oxygen atoms in total. The van der Waals surface area contributed by atoms with E-state index in [1.54, 1.807) is 13.0 Å². The minimum atomic E-state index is -3.23. The molecule has 2 N–H and O–H groups in total. The van der Waals surface area contributed by atoms with Crippen LogP contribution in [0.2, 0.25) is 0 Å². The number of amides is 2. The number of aromatic nitrogens is 3. The van der Waals surface area contributed by atoms with Crippen molar-refractivity contribution in [3.05, 3.63) is 11.8 Å². The maximum atomic E-state index is 12.4. The van der Waals surface area contributed by atoms with Gasteiger partial charge in [0.1, 0.15) is 5.76 Å². The molecule has 0 aromatic carbocycles. The molecule has 14 heteroatoms. The Morgan fingerprint density at radius 3 is 2.66 bits per heavy atom. The van der Waals surface area contributed by atoms with Crippen LogP contribution < -0.4 is 10.6 Å². The molecular formula is C15H20N6O5S3. The summed E-state index contributed by atoms with van der Waals surface area (Å²) >= 11 is 2.36. The lowest BCUT2D eigenvalue weighted by atomic mass is 9.97. The van der Waals surface area contributed by atoms with Crippen molar-refractivity contribution in [2.24, 2.45) is 5.92 Å². The number of carbonyl (C=O) groups excluding carboxylic acids is 2. The standard InChI is InChI=1S/C15H20N6O5S3/c1-9-7-11(20-26-9)16-12(22)8-27-15-19-18-14(28-15)17-13(23)10-3-5-21(6-4-10)29(2,24)25/h7,10H,3-6,8H2,1-2H3,(H,16,20,22)(H,17,18,23). The Morgan fingerprint density at radius 1 is 1.31 bits per heavy atom. The molecule has 29 heavy (non-hydrogen) atoms. The van der Waals surface area contributed by atoms with Crippen LogP contribution in [-0.4, -0.2) is 65.0 Å². The van der Waals surface area contributed by atoms with Crippen molar-refractivity contribution in [2.75, 3.05) is 35.7 Å². The van der Waals surface area contributed by atoms with Crippen molar-refractivity contribution in [2.45, 2.75) is 24.1 Å². The quantitative estimate of drug-likeness (QED) is 0.459. The number of nitrogens with one attached hydrogen (secondary N) is 2. The second-order valence-electron chi connectivity index (χ2n) is 6.46. The summed E-state index contributed by atoms with van der Waals surface area (Å²) < 4.78 is 29.9. The minimum absolute atomic E-state index is 0.110. The fourth-order valence-corrected chi connectivity index (χ4v) is 5.14. The normalized spacial score (nSPS) is 15.9.